The molecule has 0 aliphatic heterocycles. The molecule has 0 fully saturated rings. The predicted octanol–water partition coefficient (Wildman–Crippen LogP) is 6.96. The Labute approximate surface area is 176 Å². The number of ether oxygens (including phenoxy) is 1. The zero-order chi connectivity index (χ0) is 19.3. The average molecular weight is 504 g/mol. The SMILES string of the molecule is CC(C)(C)c1ccc(OCCCC(=O)Nc2ccc(Br)cc2Cl)c(Br)c1. The van der Waals surface area contributed by atoms with Crippen molar-refractivity contribution in [3.63, 3.8) is 0 Å². The monoisotopic (exact) mass is 501 g/mol. The zero-order valence-electron chi connectivity index (χ0n) is 15.0. The molecular formula is C20H22Br2ClNO2. The van der Waals surface area contributed by atoms with Crippen molar-refractivity contribution >= 4 is 55.1 Å². The molecule has 0 atom stereocenters. The van der Waals surface area contributed by atoms with Gasteiger partial charge in [0.15, 0.2) is 0 Å². The Hall–Kier alpha value is -1.04. The van der Waals surface area contributed by atoms with Gasteiger partial charge < -0.3 is 10.1 Å². The molecule has 1 amide bonds. The lowest BCUT2D eigenvalue weighted by Crippen LogP contribution is -2.13. The minimum Gasteiger partial charge on any atom is -0.492 e. The highest BCUT2D eigenvalue weighted by molar-refractivity contribution is 9.10. The maximum absolute atomic E-state index is 12.0. The van der Waals surface area contributed by atoms with Gasteiger partial charge in [0.1, 0.15) is 5.75 Å². The smallest absolute Gasteiger partial charge is 0.224 e. The van der Waals surface area contributed by atoms with Gasteiger partial charge >= 0.3 is 0 Å². The fourth-order valence-electron chi connectivity index (χ4n) is 2.30. The van der Waals surface area contributed by atoms with Crippen molar-refractivity contribution < 1.29 is 9.53 Å². The molecule has 2 rings (SSSR count). The van der Waals surface area contributed by atoms with Crippen molar-refractivity contribution in [3.8, 4) is 5.75 Å². The summed E-state index contributed by atoms with van der Waals surface area (Å²) in [4.78, 5) is 12.0. The van der Waals surface area contributed by atoms with Gasteiger partial charge in [-0.05, 0) is 63.7 Å². The normalized spacial score (nSPS) is 11.3. The lowest BCUT2D eigenvalue weighted by atomic mass is 9.87. The number of carbonyl (C=O) groups is 1. The Balaban J connectivity index is 1.80. The molecule has 26 heavy (non-hydrogen) atoms. The van der Waals surface area contributed by atoms with Crippen LogP contribution >= 0.6 is 43.5 Å². The van der Waals surface area contributed by atoms with E-state index in [1.54, 1.807) is 12.1 Å². The summed E-state index contributed by atoms with van der Waals surface area (Å²) >= 11 is 13.0. The van der Waals surface area contributed by atoms with E-state index in [1.165, 1.54) is 5.56 Å². The van der Waals surface area contributed by atoms with Gasteiger partial charge in [-0.15, -0.1) is 0 Å². The number of amides is 1. The summed E-state index contributed by atoms with van der Waals surface area (Å²) in [5.74, 6) is 0.703. The number of rotatable bonds is 6. The maximum Gasteiger partial charge on any atom is 0.224 e. The second kappa shape index (κ2) is 9.25. The number of hydrogen-bond acceptors (Lipinski definition) is 2. The molecule has 0 aliphatic carbocycles. The van der Waals surface area contributed by atoms with Crippen LogP contribution < -0.4 is 10.1 Å². The zero-order valence-corrected chi connectivity index (χ0v) is 19.0. The molecule has 140 valence electrons. The maximum atomic E-state index is 12.0. The van der Waals surface area contributed by atoms with E-state index in [0.29, 0.717) is 30.2 Å². The molecule has 0 aromatic heterocycles. The van der Waals surface area contributed by atoms with E-state index in [-0.39, 0.29) is 11.3 Å². The average Bonchev–Trinajstić information content (AvgIpc) is 2.54. The van der Waals surface area contributed by atoms with Gasteiger partial charge in [-0.25, -0.2) is 0 Å². The molecule has 2 aromatic carbocycles. The van der Waals surface area contributed by atoms with Gasteiger partial charge in [-0.1, -0.05) is 54.4 Å². The summed E-state index contributed by atoms with van der Waals surface area (Å²) in [6, 6.07) is 11.5. The third-order valence-corrected chi connectivity index (χ3v) is 5.23. The number of anilines is 1. The Morgan fingerprint density at radius 3 is 2.50 bits per heavy atom. The van der Waals surface area contributed by atoms with Crippen LogP contribution in [-0.4, -0.2) is 12.5 Å². The van der Waals surface area contributed by atoms with Crippen LogP contribution in [0.4, 0.5) is 5.69 Å². The first-order chi connectivity index (χ1) is 12.2. The second-order valence-corrected chi connectivity index (χ2v) is 9.20. The largest absolute Gasteiger partial charge is 0.492 e. The minimum atomic E-state index is -0.0834. The molecule has 6 heteroatoms. The second-order valence-electron chi connectivity index (χ2n) is 7.02. The molecule has 3 nitrogen and oxygen atoms in total. The van der Waals surface area contributed by atoms with E-state index >= 15 is 0 Å². The number of hydrogen-bond donors (Lipinski definition) is 1. The van der Waals surface area contributed by atoms with Gasteiger partial charge in [-0.3, -0.25) is 4.79 Å². The molecular weight excluding hydrogens is 481 g/mol. The van der Waals surface area contributed by atoms with E-state index in [0.717, 1.165) is 14.7 Å². The Morgan fingerprint density at radius 1 is 1.15 bits per heavy atom. The molecule has 0 saturated carbocycles. The molecule has 0 bridgehead atoms. The summed E-state index contributed by atoms with van der Waals surface area (Å²) < 4.78 is 7.58. The van der Waals surface area contributed by atoms with Gasteiger partial charge in [-0.2, -0.15) is 0 Å². The van der Waals surface area contributed by atoms with Crippen molar-refractivity contribution in [1.82, 2.24) is 0 Å². The molecule has 0 aliphatic rings. The van der Waals surface area contributed by atoms with Crippen LogP contribution in [0, 0.1) is 0 Å². The third kappa shape index (κ3) is 6.29. The van der Waals surface area contributed by atoms with E-state index in [1.807, 2.05) is 12.1 Å². The molecule has 0 unspecified atom stereocenters. The van der Waals surface area contributed by atoms with Crippen molar-refractivity contribution in [2.24, 2.45) is 0 Å². The molecule has 0 spiro atoms. The molecule has 2 aromatic rings. The third-order valence-electron chi connectivity index (χ3n) is 3.81. The summed E-state index contributed by atoms with van der Waals surface area (Å²) in [6.45, 7) is 6.98. The fraction of sp³-hybridized carbons (Fsp3) is 0.350. The van der Waals surface area contributed by atoms with Crippen LogP contribution in [0.5, 0.6) is 5.75 Å². The molecule has 0 saturated heterocycles. The lowest BCUT2D eigenvalue weighted by molar-refractivity contribution is -0.116. The fourth-order valence-corrected chi connectivity index (χ4v) is 3.52. The van der Waals surface area contributed by atoms with E-state index in [2.05, 4.69) is 70.1 Å². The number of nitrogens with one attached hydrogen (secondary N) is 1. The topological polar surface area (TPSA) is 38.3 Å². The van der Waals surface area contributed by atoms with Crippen molar-refractivity contribution in [1.29, 1.82) is 0 Å². The number of benzene rings is 2. The van der Waals surface area contributed by atoms with Crippen LogP contribution in [0.1, 0.15) is 39.2 Å². The molecule has 0 radical (unpaired) electrons. The number of halogens is 3. The van der Waals surface area contributed by atoms with Gasteiger partial charge in [0, 0.05) is 10.9 Å². The highest BCUT2D eigenvalue weighted by Gasteiger charge is 2.15. The summed E-state index contributed by atoms with van der Waals surface area (Å²) in [5, 5.41) is 3.32. The van der Waals surface area contributed by atoms with Crippen LogP contribution in [0.25, 0.3) is 0 Å². The van der Waals surface area contributed by atoms with Crippen molar-refractivity contribution in [3.05, 3.63) is 55.9 Å². The molecule has 0 heterocycles. The highest BCUT2D eigenvalue weighted by Crippen LogP contribution is 2.31. The number of carbonyl (C=O) groups excluding carboxylic acids is 1. The first kappa shape index (κ1) is 21.3. The van der Waals surface area contributed by atoms with Crippen molar-refractivity contribution in [2.75, 3.05) is 11.9 Å². The quantitative estimate of drug-likeness (QED) is 0.433. The van der Waals surface area contributed by atoms with Crippen LogP contribution in [0.15, 0.2) is 45.3 Å². The lowest BCUT2D eigenvalue weighted by Gasteiger charge is -2.20. The molecule has 1 N–H and O–H groups in total. The summed E-state index contributed by atoms with van der Waals surface area (Å²) in [6.07, 6.45) is 0.984. The van der Waals surface area contributed by atoms with Crippen LogP contribution in [0.2, 0.25) is 5.02 Å². The van der Waals surface area contributed by atoms with E-state index < -0.39 is 0 Å². The summed E-state index contributed by atoms with van der Waals surface area (Å²) in [5.41, 5.74) is 1.94. The highest BCUT2D eigenvalue weighted by atomic mass is 79.9. The van der Waals surface area contributed by atoms with Crippen LogP contribution in [-0.2, 0) is 10.2 Å². The van der Waals surface area contributed by atoms with Gasteiger partial charge in [0.05, 0.1) is 21.8 Å². The van der Waals surface area contributed by atoms with E-state index in [4.69, 9.17) is 16.3 Å². The Morgan fingerprint density at radius 2 is 1.88 bits per heavy atom. The Kier molecular flexibility index (Phi) is 7.56. The first-order valence-corrected chi connectivity index (χ1v) is 10.3. The van der Waals surface area contributed by atoms with Gasteiger partial charge in [0.25, 0.3) is 0 Å². The Bertz CT molecular complexity index is 788. The minimum absolute atomic E-state index is 0.0834. The van der Waals surface area contributed by atoms with Gasteiger partial charge in [0.2, 0.25) is 5.91 Å². The summed E-state index contributed by atoms with van der Waals surface area (Å²) in [7, 11) is 0. The van der Waals surface area contributed by atoms with E-state index in [9.17, 15) is 4.79 Å². The van der Waals surface area contributed by atoms with Crippen LogP contribution in [0.3, 0.4) is 0 Å². The first-order valence-electron chi connectivity index (χ1n) is 8.34. The van der Waals surface area contributed by atoms with Crippen molar-refractivity contribution in [2.45, 2.75) is 39.0 Å². The standard InChI is InChI=1S/C20H22Br2ClNO2/c1-20(2,3)13-6-9-18(15(22)11-13)26-10-4-5-19(25)24-17-8-7-14(21)12-16(17)23/h6-9,11-12H,4-5,10H2,1-3H3,(H,24,25). The predicted molar refractivity (Wildman–Crippen MR) is 115 cm³/mol.